The molecule has 0 radical (unpaired) electrons. The highest BCUT2D eigenvalue weighted by molar-refractivity contribution is 8.01. The average Bonchev–Trinajstić information content (AvgIpc) is 2.81. The molecule has 164 valence electrons. The minimum atomic E-state index is -0.433. The Labute approximate surface area is 186 Å². The molecule has 2 atom stereocenters. The molecule has 2 aliphatic heterocycles. The molecule has 2 aliphatic rings. The molecule has 1 saturated heterocycles. The van der Waals surface area contributed by atoms with Crippen LogP contribution >= 0.6 is 11.8 Å². The monoisotopic (exact) mass is 441 g/mol. The van der Waals surface area contributed by atoms with Crippen molar-refractivity contribution in [1.82, 2.24) is 10.2 Å². The number of rotatable bonds is 7. The Morgan fingerprint density at radius 1 is 1.23 bits per heavy atom. The first-order chi connectivity index (χ1) is 15.1. The zero-order valence-electron chi connectivity index (χ0n) is 17.5. The standard InChI is InChI=1S/C23H27N3O4S/c1-29-17-8-6-16(7-9-17)19(26-10-12-30-13-11-26)15-24-22(27)14-21-23(28)25-18-4-2-3-5-20(18)31-21/h2-9,19,21H,10-15H2,1H3,(H,24,27)(H,25,28)/t19-,21+/m0/s1. The van der Waals surface area contributed by atoms with Gasteiger partial charge >= 0.3 is 0 Å². The highest BCUT2D eigenvalue weighted by atomic mass is 32.2. The number of anilines is 1. The Kier molecular flexibility index (Phi) is 7.11. The number of morpholine rings is 1. The van der Waals surface area contributed by atoms with Crippen molar-refractivity contribution in [2.75, 3.05) is 45.3 Å². The number of para-hydroxylation sites is 1. The van der Waals surface area contributed by atoms with Crippen LogP contribution in [0.4, 0.5) is 5.69 Å². The number of nitrogens with one attached hydrogen (secondary N) is 2. The fourth-order valence-corrected chi connectivity index (χ4v) is 4.96. The van der Waals surface area contributed by atoms with Crippen LogP contribution in [0.2, 0.25) is 0 Å². The maximum Gasteiger partial charge on any atom is 0.238 e. The van der Waals surface area contributed by atoms with E-state index in [0.29, 0.717) is 19.8 Å². The van der Waals surface area contributed by atoms with Crippen molar-refractivity contribution >= 4 is 29.3 Å². The van der Waals surface area contributed by atoms with Crippen molar-refractivity contribution in [3.63, 3.8) is 0 Å². The first kappa shape index (κ1) is 21.7. The molecule has 2 aromatic rings. The molecule has 0 aromatic heterocycles. The van der Waals surface area contributed by atoms with E-state index in [9.17, 15) is 9.59 Å². The van der Waals surface area contributed by atoms with Crippen LogP contribution in [-0.2, 0) is 14.3 Å². The molecular formula is C23H27N3O4S. The van der Waals surface area contributed by atoms with Gasteiger partial charge in [-0.3, -0.25) is 14.5 Å². The first-order valence-corrected chi connectivity index (χ1v) is 11.3. The van der Waals surface area contributed by atoms with E-state index in [4.69, 9.17) is 9.47 Å². The molecule has 2 heterocycles. The summed E-state index contributed by atoms with van der Waals surface area (Å²) < 4.78 is 10.8. The third-order valence-corrected chi connectivity index (χ3v) is 6.83. The van der Waals surface area contributed by atoms with Crippen molar-refractivity contribution in [2.24, 2.45) is 0 Å². The third kappa shape index (κ3) is 5.39. The molecule has 0 unspecified atom stereocenters. The number of hydrogen-bond donors (Lipinski definition) is 2. The van der Waals surface area contributed by atoms with Gasteiger partial charge in [-0.2, -0.15) is 0 Å². The highest BCUT2D eigenvalue weighted by Crippen LogP contribution is 2.36. The van der Waals surface area contributed by atoms with Crippen LogP contribution in [0, 0.1) is 0 Å². The molecular weight excluding hydrogens is 414 g/mol. The molecule has 2 N–H and O–H groups in total. The Morgan fingerprint density at radius 3 is 2.71 bits per heavy atom. The summed E-state index contributed by atoms with van der Waals surface area (Å²) in [6, 6.07) is 15.6. The number of methoxy groups -OCH3 is 1. The largest absolute Gasteiger partial charge is 0.497 e. The lowest BCUT2D eigenvalue weighted by Crippen LogP contribution is -2.44. The molecule has 0 saturated carbocycles. The van der Waals surface area contributed by atoms with Crippen LogP contribution in [0.15, 0.2) is 53.4 Å². The summed E-state index contributed by atoms with van der Waals surface area (Å²) in [5.41, 5.74) is 1.92. The second-order valence-electron chi connectivity index (χ2n) is 7.54. The van der Waals surface area contributed by atoms with E-state index in [1.54, 1.807) is 7.11 Å². The van der Waals surface area contributed by atoms with Crippen LogP contribution in [0.3, 0.4) is 0 Å². The van der Waals surface area contributed by atoms with Gasteiger partial charge in [0.15, 0.2) is 0 Å². The number of amides is 2. The Hall–Kier alpha value is -2.55. The van der Waals surface area contributed by atoms with Gasteiger partial charge in [0.05, 0.1) is 37.3 Å². The minimum Gasteiger partial charge on any atom is -0.497 e. The van der Waals surface area contributed by atoms with Crippen LogP contribution in [0.1, 0.15) is 18.0 Å². The lowest BCUT2D eigenvalue weighted by atomic mass is 10.0. The van der Waals surface area contributed by atoms with Gasteiger partial charge in [0.2, 0.25) is 11.8 Å². The van der Waals surface area contributed by atoms with E-state index in [-0.39, 0.29) is 24.3 Å². The fourth-order valence-electron chi connectivity index (χ4n) is 3.85. The van der Waals surface area contributed by atoms with Crippen molar-refractivity contribution in [2.45, 2.75) is 22.6 Å². The van der Waals surface area contributed by atoms with E-state index in [1.165, 1.54) is 11.8 Å². The normalized spacial score (nSPS) is 19.8. The Balaban J connectivity index is 1.39. The lowest BCUT2D eigenvalue weighted by molar-refractivity contribution is -0.124. The van der Waals surface area contributed by atoms with Crippen molar-refractivity contribution in [3.05, 3.63) is 54.1 Å². The van der Waals surface area contributed by atoms with Crippen LogP contribution in [0.25, 0.3) is 0 Å². The zero-order chi connectivity index (χ0) is 21.6. The van der Waals surface area contributed by atoms with E-state index in [1.807, 2.05) is 48.5 Å². The van der Waals surface area contributed by atoms with Crippen molar-refractivity contribution in [3.8, 4) is 5.75 Å². The first-order valence-electron chi connectivity index (χ1n) is 10.4. The topological polar surface area (TPSA) is 79.9 Å². The Morgan fingerprint density at radius 2 is 1.97 bits per heavy atom. The van der Waals surface area contributed by atoms with Crippen molar-refractivity contribution in [1.29, 1.82) is 0 Å². The van der Waals surface area contributed by atoms with E-state index in [0.717, 1.165) is 35.0 Å². The number of carbonyl (C=O) groups excluding carboxylic acids is 2. The molecule has 1 fully saturated rings. The lowest BCUT2D eigenvalue weighted by Gasteiger charge is -2.35. The molecule has 0 spiro atoms. The minimum absolute atomic E-state index is 0.0346. The van der Waals surface area contributed by atoms with Crippen molar-refractivity contribution < 1.29 is 19.1 Å². The number of hydrogen-bond acceptors (Lipinski definition) is 6. The Bertz CT molecular complexity index is 915. The molecule has 2 amide bonds. The summed E-state index contributed by atoms with van der Waals surface area (Å²) in [4.78, 5) is 28.4. The SMILES string of the molecule is COc1ccc([C@H](CNC(=O)C[C@H]2Sc3ccccc3NC2=O)N2CCOCC2)cc1. The van der Waals surface area contributed by atoms with Gasteiger partial charge in [-0.1, -0.05) is 24.3 Å². The number of benzene rings is 2. The van der Waals surface area contributed by atoms with Gasteiger partial charge in [-0.25, -0.2) is 0 Å². The van der Waals surface area contributed by atoms with E-state index < -0.39 is 5.25 Å². The quantitative estimate of drug-likeness (QED) is 0.688. The molecule has 0 aliphatic carbocycles. The summed E-state index contributed by atoms with van der Waals surface area (Å²) in [5.74, 6) is 0.548. The maximum atomic E-state index is 12.7. The van der Waals surface area contributed by atoms with Gasteiger partial charge in [0.25, 0.3) is 0 Å². The highest BCUT2D eigenvalue weighted by Gasteiger charge is 2.29. The number of nitrogens with zero attached hydrogens (tertiary/aromatic N) is 1. The van der Waals surface area contributed by atoms with Gasteiger partial charge < -0.3 is 20.1 Å². The summed E-state index contributed by atoms with van der Waals surface area (Å²) in [6.07, 6.45) is 0.142. The smallest absolute Gasteiger partial charge is 0.238 e. The number of carbonyl (C=O) groups is 2. The van der Waals surface area contributed by atoms with Crippen LogP contribution in [0.5, 0.6) is 5.75 Å². The molecule has 2 aromatic carbocycles. The summed E-state index contributed by atoms with van der Waals surface area (Å²) in [5, 5.41) is 5.52. The predicted octanol–water partition coefficient (Wildman–Crippen LogP) is 2.69. The average molecular weight is 442 g/mol. The second-order valence-corrected chi connectivity index (χ2v) is 8.78. The number of thioether (sulfide) groups is 1. The maximum absolute atomic E-state index is 12.7. The molecule has 31 heavy (non-hydrogen) atoms. The second kappa shape index (κ2) is 10.2. The van der Waals surface area contributed by atoms with Gasteiger partial charge in [-0.15, -0.1) is 11.8 Å². The van der Waals surface area contributed by atoms with Gasteiger partial charge in [0.1, 0.15) is 5.75 Å². The van der Waals surface area contributed by atoms with Gasteiger partial charge in [-0.05, 0) is 29.8 Å². The summed E-state index contributed by atoms with van der Waals surface area (Å²) in [6.45, 7) is 3.45. The van der Waals surface area contributed by atoms with Crippen LogP contribution < -0.4 is 15.4 Å². The molecule has 8 heteroatoms. The van der Waals surface area contributed by atoms with Crippen LogP contribution in [-0.4, -0.2) is 61.9 Å². The summed E-state index contributed by atoms with van der Waals surface area (Å²) in [7, 11) is 1.65. The predicted molar refractivity (Wildman–Crippen MR) is 120 cm³/mol. The van der Waals surface area contributed by atoms with Gasteiger partial charge in [0, 0.05) is 31.0 Å². The number of fused-ring (bicyclic) bond motifs is 1. The zero-order valence-corrected chi connectivity index (χ0v) is 18.3. The number of ether oxygens (including phenoxy) is 2. The summed E-state index contributed by atoms with van der Waals surface area (Å²) >= 11 is 1.44. The fraction of sp³-hybridized carbons (Fsp3) is 0.391. The molecule has 4 rings (SSSR count). The van der Waals surface area contributed by atoms with E-state index >= 15 is 0 Å². The third-order valence-electron chi connectivity index (χ3n) is 5.56. The molecule has 0 bridgehead atoms. The molecule has 7 nitrogen and oxygen atoms in total. The van der Waals surface area contributed by atoms with E-state index in [2.05, 4.69) is 15.5 Å².